The van der Waals surface area contributed by atoms with Crippen molar-refractivity contribution in [2.75, 3.05) is 18.0 Å². The summed E-state index contributed by atoms with van der Waals surface area (Å²) in [6, 6.07) is 28.4. The van der Waals surface area contributed by atoms with Crippen LogP contribution in [0.4, 0.5) is 10.1 Å². The van der Waals surface area contributed by atoms with Crippen LogP contribution in [0.3, 0.4) is 0 Å². The minimum atomic E-state index is -0.778. The molecule has 1 N–H and O–H groups in total. The summed E-state index contributed by atoms with van der Waals surface area (Å²) in [6.07, 6.45) is 1.64. The monoisotopic (exact) mass is 526 g/mol. The van der Waals surface area contributed by atoms with E-state index in [-0.39, 0.29) is 18.2 Å². The van der Waals surface area contributed by atoms with Crippen molar-refractivity contribution in [1.29, 1.82) is 0 Å². The van der Waals surface area contributed by atoms with Crippen LogP contribution < -0.4 is 14.4 Å². The molecule has 0 saturated carbocycles. The van der Waals surface area contributed by atoms with Crippen LogP contribution in [0.25, 0.3) is 11.1 Å². The third kappa shape index (κ3) is 6.93. The van der Waals surface area contributed by atoms with Crippen LogP contribution in [-0.2, 0) is 18.0 Å². The number of ether oxygens (including phenoxy) is 2. The first-order chi connectivity index (χ1) is 19.0. The summed E-state index contributed by atoms with van der Waals surface area (Å²) in [4.78, 5) is 17.6. The number of rotatable bonds is 10. The maximum Gasteiger partial charge on any atom is 0.303 e. The molecule has 0 bridgehead atoms. The van der Waals surface area contributed by atoms with Crippen LogP contribution in [0.15, 0.2) is 91.0 Å². The second kappa shape index (κ2) is 12.4. The number of halogens is 1. The van der Waals surface area contributed by atoms with Gasteiger partial charge in [-0.3, -0.25) is 4.79 Å². The van der Waals surface area contributed by atoms with Crippen molar-refractivity contribution in [2.45, 2.75) is 32.5 Å². The summed E-state index contributed by atoms with van der Waals surface area (Å²) < 4.78 is 27.4. The van der Waals surface area contributed by atoms with Crippen molar-refractivity contribution in [3.8, 4) is 22.9 Å². The van der Waals surface area contributed by atoms with Gasteiger partial charge in [0.25, 0.3) is 0 Å². The lowest BCUT2D eigenvalue weighted by molar-refractivity contribution is -0.138. The van der Waals surface area contributed by atoms with Crippen molar-refractivity contribution in [1.82, 2.24) is 4.98 Å². The van der Waals surface area contributed by atoms with Gasteiger partial charge in [0.2, 0.25) is 11.8 Å². The molecule has 39 heavy (non-hydrogen) atoms. The number of benzene rings is 3. The lowest BCUT2D eigenvalue weighted by atomic mass is 9.93. The van der Waals surface area contributed by atoms with Crippen LogP contribution in [-0.4, -0.2) is 29.1 Å². The Morgan fingerprint density at radius 3 is 2.13 bits per heavy atom. The first-order valence-corrected chi connectivity index (χ1v) is 13.2. The molecule has 1 aliphatic rings. The van der Waals surface area contributed by atoms with E-state index in [4.69, 9.17) is 14.6 Å². The number of carboxylic acid groups (broad SMARTS) is 1. The quantitative estimate of drug-likeness (QED) is 0.247. The topological polar surface area (TPSA) is 71.9 Å². The van der Waals surface area contributed by atoms with Crippen LogP contribution in [0, 0.1) is 11.7 Å². The van der Waals surface area contributed by atoms with Gasteiger partial charge in [-0.25, -0.2) is 4.39 Å². The average molecular weight is 527 g/mol. The number of hydrogen-bond donors (Lipinski definition) is 1. The van der Waals surface area contributed by atoms with Crippen molar-refractivity contribution in [3.05, 3.63) is 108 Å². The molecule has 1 aliphatic heterocycles. The predicted molar refractivity (Wildman–Crippen MR) is 148 cm³/mol. The first-order valence-electron chi connectivity index (χ1n) is 13.2. The molecule has 4 aromatic rings. The third-order valence-electron chi connectivity index (χ3n) is 6.96. The molecular weight excluding hydrogens is 495 g/mol. The minimum Gasteiger partial charge on any atom is -0.481 e. The molecule has 7 heteroatoms. The Labute approximate surface area is 227 Å². The Kier molecular flexibility index (Phi) is 8.36. The lowest BCUT2D eigenvalue weighted by Crippen LogP contribution is -2.34. The van der Waals surface area contributed by atoms with Crippen molar-refractivity contribution < 1.29 is 23.8 Å². The van der Waals surface area contributed by atoms with Crippen LogP contribution in [0.5, 0.6) is 11.8 Å². The fourth-order valence-electron chi connectivity index (χ4n) is 4.85. The molecule has 6 nitrogen and oxygen atoms in total. The van der Waals surface area contributed by atoms with E-state index in [1.54, 1.807) is 12.1 Å². The molecule has 0 spiro atoms. The summed E-state index contributed by atoms with van der Waals surface area (Å²) in [5, 5.41) is 9.06. The number of carbonyl (C=O) groups is 1. The molecule has 1 saturated heterocycles. The van der Waals surface area contributed by atoms with Gasteiger partial charge < -0.3 is 19.5 Å². The molecule has 0 radical (unpaired) electrons. The molecule has 5 rings (SSSR count). The van der Waals surface area contributed by atoms with E-state index in [2.05, 4.69) is 4.98 Å². The van der Waals surface area contributed by atoms with Crippen LogP contribution >= 0.6 is 0 Å². The number of aliphatic carboxylic acids is 1. The average Bonchev–Trinajstić information content (AvgIpc) is 2.96. The van der Waals surface area contributed by atoms with Gasteiger partial charge in [-0.05, 0) is 53.6 Å². The van der Waals surface area contributed by atoms with Gasteiger partial charge in [-0.1, -0.05) is 66.7 Å². The lowest BCUT2D eigenvalue weighted by Gasteiger charge is -2.33. The van der Waals surface area contributed by atoms with E-state index >= 15 is 4.39 Å². The third-order valence-corrected chi connectivity index (χ3v) is 6.96. The number of nitrogens with zero attached hydrogens (tertiary/aromatic N) is 2. The Bertz CT molecular complexity index is 1390. The molecule has 0 atom stereocenters. The number of pyridine rings is 1. The number of carboxylic acids is 1. The van der Waals surface area contributed by atoms with Gasteiger partial charge >= 0.3 is 5.97 Å². The van der Waals surface area contributed by atoms with Crippen molar-refractivity contribution >= 4 is 11.7 Å². The highest BCUT2D eigenvalue weighted by atomic mass is 19.1. The molecule has 1 fully saturated rings. The largest absolute Gasteiger partial charge is 0.481 e. The molecule has 3 aromatic carbocycles. The van der Waals surface area contributed by atoms with Gasteiger partial charge in [-0.15, -0.1) is 0 Å². The van der Waals surface area contributed by atoms with E-state index in [0.717, 1.165) is 24.0 Å². The summed E-state index contributed by atoms with van der Waals surface area (Å²) in [5.41, 5.74) is 3.87. The molecule has 0 unspecified atom stereocenters. The Balaban J connectivity index is 1.35. The standard InChI is InChI=1S/C32H31FN2O4/c33-28-20-26(11-13-29(28)35-17-15-23(16-18-35)19-31(36)37)27-12-14-30(38-21-24-7-3-1-4-8-24)34-32(27)39-22-25-9-5-2-6-10-25/h1-14,20,23H,15-19,21-22H2,(H,36,37). The van der Waals surface area contributed by atoms with E-state index < -0.39 is 5.97 Å². The fourth-order valence-corrected chi connectivity index (χ4v) is 4.85. The van der Waals surface area contributed by atoms with Crippen molar-refractivity contribution in [3.63, 3.8) is 0 Å². The maximum atomic E-state index is 15.4. The van der Waals surface area contributed by atoms with Gasteiger partial charge in [0.1, 0.15) is 19.0 Å². The number of anilines is 1. The predicted octanol–water partition coefficient (Wildman–Crippen LogP) is 6.74. The minimum absolute atomic E-state index is 0.138. The SMILES string of the molecule is O=C(O)CC1CCN(c2ccc(-c3ccc(OCc4ccccc4)nc3OCc3ccccc3)cc2F)CC1. The normalized spacial score (nSPS) is 13.7. The highest BCUT2D eigenvalue weighted by Crippen LogP contribution is 2.35. The van der Waals surface area contributed by atoms with E-state index in [1.807, 2.05) is 77.7 Å². The Morgan fingerprint density at radius 2 is 1.51 bits per heavy atom. The molecule has 0 aliphatic carbocycles. The van der Waals surface area contributed by atoms with E-state index in [1.165, 1.54) is 6.07 Å². The summed E-state index contributed by atoms with van der Waals surface area (Å²) in [6.45, 7) is 1.95. The van der Waals surface area contributed by atoms with Crippen LogP contribution in [0.1, 0.15) is 30.4 Å². The van der Waals surface area contributed by atoms with Crippen LogP contribution in [0.2, 0.25) is 0 Å². The first kappa shape index (κ1) is 26.2. The zero-order chi connectivity index (χ0) is 27.0. The number of hydrogen-bond acceptors (Lipinski definition) is 5. The Hall–Kier alpha value is -4.39. The molecule has 200 valence electrons. The molecule has 0 amide bonds. The number of piperidine rings is 1. The summed E-state index contributed by atoms with van der Waals surface area (Å²) in [5.74, 6) is -0.181. The van der Waals surface area contributed by atoms with Crippen molar-refractivity contribution in [2.24, 2.45) is 5.92 Å². The van der Waals surface area contributed by atoms with Gasteiger partial charge in [0.05, 0.1) is 5.69 Å². The smallest absolute Gasteiger partial charge is 0.303 e. The van der Waals surface area contributed by atoms with E-state index in [9.17, 15) is 4.79 Å². The summed E-state index contributed by atoms with van der Waals surface area (Å²) in [7, 11) is 0. The zero-order valence-corrected chi connectivity index (χ0v) is 21.6. The zero-order valence-electron chi connectivity index (χ0n) is 21.6. The second-order valence-corrected chi connectivity index (χ2v) is 9.75. The fraction of sp³-hybridized carbons (Fsp3) is 0.250. The van der Waals surface area contributed by atoms with Gasteiger partial charge in [0.15, 0.2) is 0 Å². The van der Waals surface area contributed by atoms with Gasteiger partial charge in [-0.2, -0.15) is 4.98 Å². The molecule has 1 aromatic heterocycles. The van der Waals surface area contributed by atoms with Gasteiger partial charge in [0, 0.05) is 31.1 Å². The maximum absolute atomic E-state index is 15.4. The molecule has 2 heterocycles. The Morgan fingerprint density at radius 1 is 0.872 bits per heavy atom. The number of aromatic nitrogens is 1. The second-order valence-electron chi connectivity index (χ2n) is 9.75. The highest BCUT2D eigenvalue weighted by Gasteiger charge is 2.23. The summed E-state index contributed by atoms with van der Waals surface area (Å²) >= 11 is 0. The highest BCUT2D eigenvalue weighted by molar-refractivity contribution is 5.71. The van der Waals surface area contributed by atoms with E-state index in [0.29, 0.717) is 54.9 Å². The molecular formula is C32H31FN2O4.